The Morgan fingerprint density at radius 3 is 2.58 bits per heavy atom. The lowest BCUT2D eigenvalue weighted by atomic mass is 10.4. The zero-order valence-electron chi connectivity index (χ0n) is 8.29. The van der Waals surface area contributed by atoms with Gasteiger partial charge in [0.25, 0.3) is 0 Å². The molecule has 0 bridgehead atoms. The number of nitrogens with zero attached hydrogens (tertiary/aromatic N) is 1. The number of ether oxygens (including phenoxy) is 1. The minimum atomic E-state index is 0.707. The highest BCUT2D eigenvalue weighted by Crippen LogP contribution is 1.81. The molecule has 0 fully saturated rings. The monoisotopic (exact) mass is 169 g/mol. The molecule has 0 aliphatic heterocycles. The molecule has 0 radical (unpaired) electrons. The molecule has 0 spiro atoms. The zero-order chi connectivity index (χ0) is 9.23. The zero-order valence-corrected chi connectivity index (χ0v) is 8.29. The van der Waals surface area contributed by atoms with Crippen molar-refractivity contribution < 1.29 is 4.74 Å². The molecule has 0 N–H and O–H groups in total. The Kier molecular flexibility index (Phi) is 8.07. The average molecular weight is 169 g/mol. The van der Waals surface area contributed by atoms with E-state index in [4.69, 9.17) is 4.74 Å². The minimum absolute atomic E-state index is 0.707. The van der Waals surface area contributed by atoms with Gasteiger partial charge in [-0.05, 0) is 21.0 Å². The molecule has 0 unspecified atom stereocenters. The van der Waals surface area contributed by atoms with Crippen molar-refractivity contribution in [1.82, 2.24) is 4.90 Å². The van der Waals surface area contributed by atoms with E-state index in [2.05, 4.69) is 4.90 Å². The maximum Gasteiger partial charge on any atom is 0.0651 e. The molecular weight excluding hydrogens is 150 g/mol. The molecule has 2 heteroatoms. The van der Waals surface area contributed by atoms with E-state index in [9.17, 15) is 0 Å². The molecule has 0 amide bonds. The highest BCUT2D eigenvalue weighted by molar-refractivity contribution is 5.00. The molecule has 0 heterocycles. The lowest BCUT2D eigenvalue weighted by Gasteiger charge is -2.07. The Balaban J connectivity index is 3.10. The Labute approximate surface area is 75.5 Å². The third-order valence-corrected chi connectivity index (χ3v) is 1.34. The van der Waals surface area contributed by atoms with Gasteiger partial charge in [0, 0.05) is 6.54 Å². The molecule has 0 aromatic heterocycles. The van der Waals surface area contributed by atoms with Crippen LogP contribution in [-0.2, 0) is 4.74 Å². The Bertz CT molecular complexity index is 139. The second-order valence-corrected chi connectivity index (χ2v) is 2.83. The van der Waals surface area contributed by atoms with Crippen molar-refractivity contribution >= 4 is 0 Å². The summed E-state index contributed by atoms with van der Waals surface area (Å²) in [7, 11) is 4.08. The summed E-state index contributed by atoms with van der Waals surface area (Å²) in [6.45, 7) is 4.49. The van der Waals surface area contributed by atoms with Crippen molar-refractivity contribution in [2.75, 3.05) is 33.9 Å². The first kappa shape index (κ1) is 11.4. The first-order valence-electron chi connectivity index (χ1n) is 4.27. The van der Waals surface area contributed by atoms with E-state index in [1.165, 1.54) is 0 Å². The molecule has 0 aromatic carbocycles. The van der Waals surface area contributed by atoms with Gasteiger partial charge in [-0.1, -0.05) is 24.3 Å². The molecule has 0 rings (SSSR count). The topological polar surface area (TPSA) is 12.5 Å². The van der Waals surface area contributed by atoms with Crippen molar-refractivity contribution in [1.29, 1.82) is 0 Å². The van der Waals surface area contributed by atoms with Crippen molar-refractivity contribution in [2.45, 2.75) is 6.92 Å². The van der Waals surface area contributed by atoms with Crippen LogP contribution in [0.15, 0.2) is 24.3 Å². The van der Waals surface area contributed by atoms with Crippen LogP contribution in [0.4, 0.5) is 0 Å². The molecule has 0 aromatic rings. The fraction of sp³-hybridized carbons (Fsp3) is 0.600. The largest absolute Gasteiger partial charge is 0.376 e. The molecule has 0 saturated carbocycles. The number of rotatable bonds is 6. The summed E-state index contributed by atoms with van der Waals surface area (Å²) in [5, 5.41) is 0. The molecular formula is C10H19NO. The van der Waals surface area contributed by atoms with Gasteiger partial charge in [0.15, 0.2) is 0 Å². The van der Waals surface area contributed by atoms with Gasteiger partial charge in [-0.15, -0.1) is 0 Å². The quantitative estimate of drug-likeness (QED) is 0.443. The van der Waals surface area contributed by atoms with Gasteiger partial charge in [0.1, 0.15) is 0 Å². The Morgan fingerprint density at radius 2 is 2.00 bits per heavy atom. The number of hydrogen-bond donors (Lipinski definition) is 0. The second kappa shape index (κ2) is 8.50. The molecule has 0 aliphatic carbocycles. The predicted molar refractivity (Wildman–Crippen MR) is 53.3 cm³/mol. The van der Waals surface area contributed by atoms with Gasteiger partial charge in [0.05, 0.1) is 13.2 Å². The highest BCUT2D eigenvalue weighted by atomic mass is 16.5. The van der Waals surface area contributed by atoms with Crippen LogP contribution in [0.3, 0.4) is 0 Å². The van der Waals surface area contributed by atoms with E-state index in [-0.39, 0.29) is 0 Å². The van der Waals surface area contributed by atoms with Crippen LogP contribution in [0.25, 0.3) is 0 Å². The number of hydrogen-bond acceptors (Lipinski definition) is 2. The molecule has 0 saturated heterocycles. The van der Waals surface area contributed by atoms with Crippen LogP contribution in [0.5, 0.6) is 0 Å². The number of likely N-dealkylation sites (N-methyl/N-ethyl adjacent to an activating group) is 1. The molecule has 12 heavy (non-hydrogen) atoms. The van der Waals surface area contributed by atoms with Crippen LogP contribution >= 0.6 is 0 Å². The summed E-state index contributed by atoms with van der Waals surface area (Å²) in [5.74, 6) is 0. The van der Waals surface area contributed by atoms with Gasteiger partial charge in [-0.3, -0.25) is 0 Å². The Morgan fingerprint density at radius 1 is 1.25 bits per heavy atom. The van der Waals surface area contributed by atoms with Gasteiger partial charge in [-0.25, -0.2) is 0 Å². The lowest BCUT2D eigenvalue weighted by molar-refractivity contribution is 0.142. The average Bonchev–Trinajstić information content (AvgIpc) is 2.02. The van der Waals surface area contributed by atoms with Crippen LogP contribution in [-0.4, -0.2) is 38.8 Å². The Hall–Kier alpha value is -0.600. The van der Waals surface area contributed by atoms with Gasteiger partial charge in [-0.2, -0.15) is 0 Å². The molecule has 2 nitrogen and oxygen atoms in total. The van der Waals surface area contributed by atoms with Gasteiger partial charge >= 0.3 is 0 Å². The minimum Gasteiger partial charge on any atom is -0.376 e. The fourth-order valence-corrected chi connectivity index (χ4v) is 0.644. The molecule has 70 valence electrons. The first-order chi connectivity index (χ1) is 5.77. The van der Waals surface area contributed by atoms with Crippen molar-refractivity contribution in [3.05, 3.63) is 24.3 Å². The van der Waals surface area contributed by atoms with Crippen LogP contribution in [0, 0.1) is 0 Å². The third kappa shape index (κ3) is 9.40. The van der Waals surface area contributed by atoms with E-state index in [1.807, 2.05) is 45.3 Å². The fourth-order valence-electron chi connectivity index (χ4n) is 0.644. The summed E-state index contributed by atoms with van der Waals surface area (Å²) in [6.07, 6.45) is 8.00. The van der Waals surface area contributed by atoms with Crippen LogP contribution < -0.4 is 0 Å². The third-order valence-electron chi connectivity index (χ3n) is 1.34. The molecule has 0 atom stereocenters. The van der Waals surface area contributed by atoms with E-state index in [0.717, 1.165) is 13.2 Å². The summed E-state index contributed by atoms with van der Waals surface area (Å²) >= 11 is 0. The van der Waals surface area contributed by atoms with Crippen molar-refractivity contribution in [3.8, 4) is 0 Å². The van der Waals surface area contributed by atoms with Crippen molar-refractivity contribution in [3.63, 3.8) is 0 Å². The summed E-state index contributed by atoms with van der Waals surface area (Å²) in [5.41, 5.74) is 0. The lowest BCUT2D eigenvalue weighted by Crippen LogP contribution is -2.17. The van der Waals surface area contributed by atoms with Crippen LogP contribution in [0.2, 0.25) is 0 Å². The van der Waals surface area contributed by atoms with E-state index >= 15 is 0 Å². The first-order valence-corrected chi connectivity index (χ1v) is 4.27. The smallest absolute Gasteiger partial charge is 0.0651 e. The second-order valence-electron chi connectivity index (χ2n) is 2.83. The molecule has 0 aliphatic rings. The standard InChI is InChI=1S/C10H19NO/c1-4-5-6-7-9-12-10-8-11(2)3/h4-7H,8-10H2,1-3H3/b5-4-,7-6-. The maximum atomic E-state index is 5.33. The number of allylic oxidation sites excluding steroid dienone is 3. The normalized spacial score (nSPS) is 12.3. The highest BCUT2D eigenvalue weighted by Gasteiger charge is 1.87. The maximum absolute atomic E-state index is 5.33. The summed E-state index contributed by atoms with van der Waals surface area (Å²) in [4.78, 5) is 2.11. The van der Waals surface area contributed by atoms with Gasteiger partial charge in [0.2, 0.25) is 0 Å². The summed E-state index contributed by atoms with van der Waals surface area (Å²) in [6, 6.07) is 0. The van der Waals surface area contributed by atoms with E-state index < -0.39 is 0 Å². The van der Waals surface area contributed by atoms with E-state index in [0.29, 0.717) is 6.61 Å². The SMILES string of the molecule is C/C=C\C=C/COCCN(C)C. The summed E-state index contributed by atoms with van der Waals surface area (Å²) < 4.78 is 5.33. The van der Waals surface area contributed by atoms with E-state index in [1.54, 1.807) is 0 Å². The van der Waals surface area contributed by atoms with Crippen LogP contribution in [0.1, 0.15) is 6.92 Å². The predicted octanol–water partition coefficient (Wildman–Crippen LogP) is 1.70. The van der Waals surface area contributed by atoms with Crippen molar-refractivity contribution in [2.24, 2.45) is 0 Å². The van der Waals surface area contributed by atoms with Gasteiger partial charge < -0.3 is 9.64 Å².